The van der Waals surface area contributed by atoms with Crippen molar-refractivity contribution in [1.29, 1.82) is 0 Å². The first-order valence-electron chi connectivity index (χ1n) is 7.83. The number of hydrogen-bond donors (Lipinski definition) is 2. The van der Waals surface area contributed by atoms with Crippen LogP contribution in [0.5, 0.6) is 5.88 Å². The Balaban J connectivity index is 1.75. The van der Waals surface area contributed by atoms with Crippen LogP contribution < -0.4 is 15.4 Å². The molecular formula is C15H27N5O. The summed E-state index contributed by atoms with van der Waals surface area (Å²) in [6, 6.07) is 1.87. The second-order valence-corrected chi connectivity index (χ2v) is 5.71. The topological polar surface area (TPSA) is 62.3 Å². The fourth-order valence-corrected chi connectivity index (χ4v) is 2.36. The lowest BCUT2D eigenvalue weighted by molar-refractivity contribution is 0.232. The molecule has 0 aliphatic carbocycles. The van der Waals surface area contributed by atoms with Crippen LogP contribution in [0.25, 0.3) is 0 Å². The van der Waals surface area contributed by atoms with Gasteiger partial charge in [-0.15, -0.1) is 0 Å². The van der Waals surface area contributed by atoms with Gasteiger partial charge in [0.25, 0.3) is 0 Å². The number of piperazine rings is 1. The van der Waals surface area contributed by atoms with Crippen molar-refractivity contribution in [2.24, 2.45) is 0 Å². The van der Waals surface area contributed by atoms with Gasteiger partial charge in [-0.3, -0.25) is 0 Å². The first kappa shape index (κ1) is 16.0. The summed E-state index contributed by atoms with van der Waals surface area (Å²) >= 11 is 0. The normalized spacial score (nSPS) is 16.2. The van der Waals surface area contributed by atoms with Gasteiger partial charge in [-0.05, 0) is 33.7 Å². The van der Waals surface area contributed by atoms with Crippen LogP contribution >= 0.6 is 0 Å². The third kappa shape index (κ3) is 5.85. The van der Waals surface area contributed by atoms with Crippen molar-refractivity contribution >= 4 is 5.95 Å². The van der Waals surface area contributed by atoms with Gasteiger partial charge >= 0.3 is 0 Å². The molecule has 2 rings (SSSR count). The molecule has 21 heavy (non-hydrogen) atoms. The molecule has 1 aromatic rings. The SMILES string of the molecule is Cc1cc(OC(C)C)nc(NCCCN2CCNCC2)n1. The molecule has 0 unspecified atom stereocenters. The first-order chi connectivity index (χ1) is 10.1. The molecular weight excluding hydrogens is 266 g/mol. The van der Waals surface area contributed by atoms with Gasteiger partial charge in [-0.1, -0.05) is 0 Å². The van der Waals surface area contributed by atoms with Crippen molar-refractivity contribution in [3.05, 3.63) is 11.8 Å². The minimum Gasteiger partial charge on any atom is -0.475 e. The molecule has 0 radical (unpaired) electrons. The van der Waals surface area contributed by atoms with E-state index in [1.807, 2.05) is 26.8 Å². The quantitative estimate of drug-likeness (QED) is 0.739. The standard InChI is InChI=1S/C15H27N5O/c1-12(2)21-14-11-13(3)18-15(19-14)17-5-4-8-20-9-6-16-7-10-20/h11-12,16H,4-10H2,1-3H3,(H,17,18,19). The maximum absolute atomic E-state index is 5.63. The van der Waals surface area contributed by atoms with Gasteiger partial charge in [0.15, 0.2) is 0 Å². The molecule has 0 aromatic carbocycles. The molecule has 118 valence electrons. The van der Waals surface area contributed by atoms with E-state index in [9.17, 15) is 0 Å². The Labute approximate surface area is 127 Å². The molecule has 1 aliphatic heterocycles. The molecule has 6 nitrogen and oxygen atoms in total. The summed E-state index contributed by atoms with van der Waals surface area (Å²) < 4.78 is 5.63. The molecule has 0 amide bonds. The van der Waals surface area contributed by atoms with Gasteiger partial charge < -0.3 is 20.3 Å². The number of aromatic nitrogens is 2. The zero-order valence-corrected chi connectivity index (χ0v) is 13.4. The Morgan fingerprint density at radius 1 is 1.33 bits per heavy atom. The monoisotopic (exact) mass is 293 g/mol. The number of anilines is 1. The second-order valence-electron chi connectivity index (χ2n) is 5.71. The van der Waals surface area contributed by atoms with Gasteiger partial charge in [0.05, 0.1) is 6.10 Å². The predicted octanol–water partition coefficient (Wildman–Crippen LogP) is 1.28. The smallest absolute Gasteiger partial charge is 0.226 e. The van der Waals surface area contributed by atoms with Crippen LogP contribution in [-0.4, -0.2) is 60.2 Å². The molecule has 0 atom stereocenters. The summed E-state index contributed by atoms with van der Waals surface area (Å²) in [5.41, 5.74) is 0.922. The van der Waals surface area contributed by atoms with Crippen LogP contribution in [0.1, 0.15) is 26.0 Å². The Kier molecular flexibility index (Phi) is 6.20. The van der Waals surface area contributed by atoms with Crippen LogP contribution in [0.3, 0.4) is 0 Å². The van der Waals surface area contributed by atoms with Crippen LogP contribution in [0.4, 0.5) is 5.95 Å². The third-order valence-electron chi connectivity index (χ3n) is 3.33. The molecule has 1 saturated heterocycles. The van der Waals surface area contributed by atoms with Gasteiger partial charge in [0, 0.05) is 44.5 Å². The summed E-state index contributed by atoms with van der Waals surface area (Å²) in [5, 5.41) is 6.66. The summed E-state index contributed by atoms with van der Waals surface area (Å²) in [5.74, 6) is 1.30. The largest absolute Gasteiger partial charge is 0.475 e. The lowest BCUT2D eigenvalue weighted by Crippen LogP contribution is -2.44. The van der Waals surface area contributed by atoms with E-state index in [1.54, 1.807) is 0 Å². The Hall–Kier alpha value is -1.40. The fourth-order valence-electron chi connectivity index (χ4n) is 2.36. The van der Waals surface area contributed by atoms with Crippen molar-refractivity contribution in [1.82, 2.24) is 20.2 Å². The number of aryl methyl sites for hydroxylation is 1. The molecule has 6 heteroatoms. The van der Waals surface area contributed by atoms with Crippen LogP contribution in [0, 0.1) is 6.92 Å². The van der Waals surface area contributed by atoms with E-state index in [2.05, 4.69) is 25.5 Å². The lowest BCUT2D eigenvalue weighted by atomic mass is 10.3. The van der Waals surface area contributed by atoms with E-state index in [0.717, 1.165) is 51.4 Å². The highest BCUT2D eigenvalue weighted by Crippen LogP contribution is 2.13. The average molecular weight is 293 g/mol. The number of rotatable bonds is 7. The highest BCUT2D eigenvalue weighted by Gasteiger charge is 2.09. The molecule has 1 aliphatic rings. The lowest BCUT2D eigenvalue weighted by Gasteiger charge is -2.27. The highest BCUT2D eigenvalue weighted by atomic mass is 16.5. The summed E-state index contributed by atoms with van der Waals surface area (Å²) in [6.07, 6.45) is 1.22. The van der Waals surface area contributed by atoms with Gasteiger partial charge in [0.2, 0.25) is 11.8 Å². The Morgan fingerprint density at radius 3 is 2.81 bits per heavy atom. The molecule has 0 saturated carbocycles. The van der Waals surface area contributed by atoms with E-state index >= 15 is 0 Å². The predicted molar refractivity (Wildman–Crippen MR) is 84.9 cm³/mol. The molecule has 0 bridgehead atoms. The maximum atomic E-state index is 5.63. The first-order valence-corrected chi connectivity index (χ1v) is 7.83. The number of nitrogens with one attached hydrogen (secondary N) is 2. The number of nitrogens with zero attached hydrogens (tertiary/aromatic N) is 3. The zero-order chi connectivity index (χ0) is 15.1. The minimum atomic E-state index is 0.125. The summed E-state index contributed by atoms with van der Waals surface area (Å²) in [7, 11) is 0. The van der Waals surface area contributed by atoms with Crippen molar-refractivity contribution in [3.63, 3.8) is 0 Å². The van der Waals surface area contributed by atoms with Gasteiger partial charge in [0.1, 0.15) is 0 Å². The molecule has 0 spiro atoms. The van der Waals surface area contributed by atoms with E-state index in [0.29, 0.717) is 11.8 Å². The number of hydrogen-bond acceptors (Lipinski definition) is 6. The highest BCUT2D eigenvalue weighted by molar-refractivity contribution is 5.30. The summed E-state index contributed by atoms with van der Waals surface area (Å²) in [4.78, 5) is 11.3. The minimum absolute atomic E-state index is 0.125. The molecule has 2 heterocycles. The van der Waals surface area contributed by atoms with Crippen molar-refractivity contribution in [3.8, 4) is 5.88 Å². The van der Waals surface area contributed by atoms with Gasteiger partial charge in [-0.2, -0.15) is 4.98 Å². The van der Waals surface area contributed by atoms with Crippen molar-refractivity contribution in [2.45, 2.75) is 33.3 Å². The van der Waals surface area contributed by atoms with Crippen LogP contribution in [0.2, 0.25) is 0 Å². The zero-order valence-electron chi connectivity index (χ0n) is 13.4. The summed E-state index contributed by atoms with van der Waals surface area (Å²) in [6.45, 7) is 12.5. The Bertz CT molecular complexity index is 432. The maximum Gasteiger partial charge on any atom is 0.226 e. The third-order valence-corrected chi connectivity index (χ3v) is 3.33. The average Bonchev–Trinajstić information content (AvgIpc) is 2.43. The second kappa shape index (κ2) is 8.14. The fraction of sp³-hybridized carbons (Fsp3) is 0.733. The van der Waals surface area contributed by atoms with E-state index in [-0.39, 0.29) is 6.10 Å². The molecule has 1 fully saturated rings. The van der Waals surface area contributed by atoms with Gasteiger partial charge in [-0.25, -0.2) is 4.98 Å². The van der Waals surface area contributed by atoms with E-state index in [4.69, 9.17) is 4.74 Å². The molecule has 2 N–H and O–H groups in total. The van der Waals surface area contributed by atoms with E-state index < -0.39 is 0 Å². The number of ether oxygens (including phenoxy) is 1. The van der Waals surface area contributed by atoms with Crippen molar-refractivity contribution in [2.75, 3.05) is 44.6 Å². The Morgan fingerprint density at radius 2 is 2.10 bits per heavy atom. The van der Waals surface area contributed by atoms with Crippen LogP contribution in [-0.2, 0) is 0 Å². The van der Waals surface area contributed by atoms with Crippen molar-refractivity contribution < 1.29 is 4.74 Å². The van der Waals surface area contributed by atoms with E-state index in [1.165, 1.54) is 0 Å². The molecule has 1 aromatic heterocycles. The van der Waals surface area contributed by atoms with Crippen LogP contribution in [0.15, 0.2) is 6.07 Å².